The van der Waals surface area contributed by atoms with Crippen molar-refractivity contribution in [3.8, 4) is 0 Å². The van der Waals surface area contributed by atoms with Crippen molar-refractivity contribution in [2.45, 2.75) is 18.9 Å². The lowest BCUT2D eigenvalue weighted by Crippen LogP contribution is -2.47. The second-order valence-corrected chi connectivity index (χ2v) is 7.69. The molecule has 2 aromatic rings. The van der Waals surface area contributed by atoms with Crippen LogP contribution in [0.5, 0.6) is 0 Å². The molecule has 116 valence electrons. The van der Waals surface area contributed by atoms with E-state index in [4.69, 9.17) is 5.73 Å². The highest BCUT2D eigenvalue weighted by atomic mass is 32.2. The number of para-hydroxylation sites is 1. The van der Waals surface area contributed by atoms with Gasteiger partial charge in [0.2, 0.25) is 10.0 Å². The summed E-state index contributed by atoms with van der Waals surface area (Å²) < 4.78 is 27.0. The molecule has 2 N–H and O–H groups in total. The average Bonchev–Trinajstić information content (AvgIpc) is 2.53. The number of hydrogen-bond acceptors (Lipinski definition) is 3. The number of benzene rings is 2. The van der Waals surface area contributed by atoms with E-state index in [-0.39, 0.29) is 11.8 Å². The van der Waals surface area contributed by atoms with Gasteiger partial charge >= 0.3 is 0 Å². The summed E-state index contributed by atoms with van der Waals surface area (Å²) in [6, 6.07) is 17.1. The van der Waals surface area contributed by atoms with E-state index in [1.54, 1.807) is 0 Å². The number of hydrogen-bond donors (Lipinski definition) is 1. The van der Waals surface area contributed by atoms with Gasteiger partial charge in [0.05, 0.1) is 11.4 Å². The van der Waals surface area contributed by atoms with Gasteiger partial charge in [-0.05, 0) is 30.0 Å². The van der Waals surface area contributed by atoms with Crippen molar-refractivity contribution in [3.05, 3.63) is 65.7 Å². The summed E-state index contributed by atoms with van der Waals surface area (Å²) in [6.07, 6.45) is 1.23. The number of nitrogens with two attached hydrogens (primary N) is 1. The topological polar surface area (TPSA) is 63.4 Å². The molecule has 4 nitrogen and oxygen atoms in total. The SMILES string of the molecule is NC1Cc2ccccc2N(S(=O)(=O)CCc2ccccc2)C1. The fraction of sp³-hybridized carbons (Fsp3) is 0.294. The molecule has 0 spiro atoms. The van der Waals surface area contributed by atoms with E-state index in [9.17, 15) is 8.42 Å². The van der Waals surface area contributed by atoms with Crippen LogP contribution in [0.3, 0.4) is 0 Å². The summed E-state index contributed by atoms with van der Waals surface area (Å²) >= 11 is 0. The third kappa shape index (κ3) is 3.15. The van der Waals surface area contributed by atoms with Crippen molar-refractivity contribution in [2.24, 2.45) is 5.73 Å². The van der Waals surface area contributed by atoms with Crippen LogP contribution in [0.25, 0.3) is 0 Å². The van der Waals surface area contributed by atoms with E-state index in [1.165, 1.54) is 4.31 Å². The lowest BCUT2D eigenvalue weighted by atomic mass is 10.0. The van der Waals surface area contributed by atoms with Crippen molar-refractivity contribution in [1.82, 2.24) is 0 Å². The molecule has 22 heavy (non-hydrogen) atoms. The van der Waals surface area contributed by atoms with Gasteiger partial charge in [-0.15, -0.1) is 0 Å². The summed E-state index contributed by atoms with van der Waals surface area (Å²) in [5, 5.41) is 0. The Morgan fingerprint density at radius 2 is 1.73 bits per heavy atom. The van der Waals surface area contributed by atoms with Gasteiger partial charge in [0.25, 0.3) is 0 Å². The number of sulfonamides is 1. The normalized spacial score (nSPS) is 18.0. The number of anilines is 1. The van der Waals surface area contributed by atoms with E-state index < -0.39 is 10.0 Å². The van der Waals surface area contributed by atoms with Crippen molar-refractivity contribution >= 4 is 15.7 Å². The maximum Gasteiger partial charge on any atom is 0.235 e. The molecule has 0 bridgehead atoms. The molecule has 5 heteroatoms. The average molecular weight is 316 g/mol. The Morgan fingerprint density at radius 3 is 2.50 bits per heavy atom. The molecule has 1 heterocycles. The van der Waals surface area contributed by atoms with Crippen LogP contribution in [0, 0.1) is 0 Å². The molecular weight excluding hydrogens is 296 g/mol. The number of rotatable bonds is 4. The zero-order chi connectivity index (χ0) is 15.6. The molecule has 2 aromatic carbocycles. The Morgan fingerprint density at radius 1 is 1.05 bits per heavy atom. The summed E-state index contributed by atoms with van der Waals surface area (Å²) in [5.74, 6) is 0.0953. The Labute approximate surface area is 131 Å². The first-order valence-corrected chi connectivity index (χ1v) is 9.05. The number of nitrogens with zero attached hydrogens (tertiary/aromatic N) is 1. The third-order valence-corrected chi connectivity index (χ3v) is 5.71. The molecule has 0 saturated carbocycles. The third-order valence-electron chi connectivity index (χ3n) is 3.97. The standard InChI is InChI=1S/C17H20N2O2S/c18-16-12-15-8-4-5-9-17(15)19(13-16)22(20,21)11-10-14-6-2-1-3-7-14/h1-9,16H,10-13,18H2. The van der Waals surface area contributed by atoms with Gasteiger partial charge in [-0.25, -0.2) is 8.42 Å². The highest BCUT2D eigenvalue weighted by Gasteiger charge is 2.30. The molecule has 0 saturated heterocycles. The smallest absolute Gasteiger partial charge is 0.235 e. The fourth-order valence-corrected chi connectivity index (χ4v) is 4.46. The van der Waals surface area contributed by atoms with E-state index in [2.05, 4.69) is 0 Å². The minimum Gasteiger partial charge on any atom is -0.326 e. The summed E-state index contributed by atoms with van der Waals surface area (Å²) in [5.41, 5.74) is 8.85. The Balaban J connectivity index is 1.83. The van der Waals surface area contributed by atoms with E-state index in [1.807, 2.05) is 54.6 Å². The molecule has 0 aromatic heterocycles. The molecule has 1 aliphatic rings. The van der Waals surface area contributed by atoms with E-state index in [0.29, 0.717) is 13.0 Å². The predicted octanol–water partition coefficient (Wildman–Crippen LogP) is 1.95. The second-order valence-electron chi connectivity index (χ2n) is 5.68. The van der Waals surface area contributed by atoms with Gasteiger partial charge in [0.1, 0.15) is 0 Å². The minimum absolute atomic E-state index is 0.0953. The minimum atomic E-state index is -3.37. The van der Waals surface area contributed by atoms with Crippen LogP contribution in [-0.4, -0.2) is 26.8 Å². The molecule has 0 fully saturated rings. The fourth-order valence-electron chi connectivity index (χ4n) is 2.85. The zero-order valence-corrected chi connectivity index (χ0v) is 13.2. The summed E-state index contributed by atoms with van der Waals surface area (Å²) in [7, 11) is -3.37. The number of fused-ring (bicyclic) bond motifs is 1. The van der Waals surface area contributed by atoms with Gasteiger partial charge in [0.15, 0.2) is 0 Å². The van der Waals surface area contributed by atoms with Crippen LogP contribution in [0.4, 0.5) is 5.69 Å². The Hall–Kier alpha value is -1.85. The van der Waals surface area contributed by atoms with E-state index in [0.717, 1.165) is 23.2 Å². The molecule has 1 aliphatic heterocycles. The quantitative estimate of drug-likeness (QED) is 0.938. The van der Waals surface area contributed by atoms with E-state index >= 15 is 0 Å². The first-order valence-electron chi connectivity index (χ1n) is 7.44. The van der Waals surface area contributed by atoms with Gasteiger partial charge < -0.3 is 5.73 Å². The second kappa shape index (κ2) is 6.10. The van der Waals surface area contributed by atoms with Gasteiger partial charge in [-0.3, -0.25) is 4.31 Å². The number of aryl methyl sites for hydroxylation is 1. The van der Waals surface area contributed by atoms with Crippen LogP contribution in [0.15, 0.2) is 54.6 Å². The van der Waals surface area contributed by atoms with Crippen LogP contribution in [-0.2, 0) is 22.9 Å². The molecule has 1 unspecified atom stereocenters. The van der Waals surface area contributed by atoms with Crippen LogP contribution >= 0.6 is 0 Å². The van der Waals surface area contributed by atoms with Crippen molar-refractivity contribution in [1.29, 1.82) is 0 Å². The summed E-state index contributed by atoms with van der Waals surface area (Å²) in [6.45, 7) is 0.355. The van der Waals surface area contributed by atoms with Crippen LogP contribution in [0.1, 0.15) is 11.1 Å². The van der Waals surface area contributed by atoms with Crippen molar-refractivity contribution < 1.29 is 8.42 Å². The molecule has 3 rings (SSSR count). The largest absolute Gasteiger partial charge is 0.326 e. The Kier molecular flexibility index (Phi) is 4.18. The molecule has 0 radical (unpaired) electrons. The lowest BCUT2D eigenvalue weighted by Gasteiger charge is -2.33. The lowest BCUT2D eigenvalue weighted by molar-refractivity contribution is 0.574. The summed E-state index contributed by atoms with van der Waals surface area (Å²) in [4.78, 5) is 0. The molecule has 0 aliphatic carbocycles. The van der Waals surface area contributed by atoms with Crippen molar-refractivity contribution in [2.75, 3.05) is 16.6 Å². The predicted molar refractivity (Wildman–Crippen MR) is 89.4 cm³/mol. The monoisotopic (exact) mass is 316 g/mol. The maximum atomic E-state index is 12.7. The van der Waals surface area contributed by atoms with Crippen molar-refractivity contribution in [3.63, 3.8) is 0 Å². The van der Waals surface area contributed by atoms with Gasteiger partial charge in [-0.2, -0.15) is 0 Å². The van der Waals surface area contributed by atoms with Crippen LogP contribution in [0.2, 0.25) is 0 Å². The van der Waals surface area contributed by atoms with Gasteiger partial charge in [-0.1, -0.05) is 48.5 Å². The highest BCUT2D eigenvalue weighted by Crippen LogP contribution is 2.29. The maximum absolute atomic E-state index is 12.7. The van der Waals surface area contributed by atoms with Crippen LogP contribution < -0.4 is 10.0 Å². The molecular formula is C17H20N2O2S. The Bertz CT molecular complexity index is 744. The van der Waals surface area contributed by atoms with Gasteiger partial charge in [0, 0.05) is 12.6 Å². The molecule has 1 atom stereocenters. The molecule has 0 amide bonds. The first kappa shape index (κ1) is 15.1. The zero-order valence-electron chi connectivity index (χ0n) is 12.4. The highest BCUT2D eigenvalue weighted by molar-refractivity contribution is 7.92. The first-order chi connectivity index (χ1) is 10.6.